The van der Waals surface area contributed by atoms with Crippen molar-refractivity contribution in [3.8, 4) is 0 Å². The van der Waals surface area contributed by atoms with Crippen LogP contribution in [-0.2, 0) is 11.3 Å². The number of carbonyl (C=O) groups is 2. The van der Waals surface area contributed by atoms with Crippen LogP contribution in [0, 0.1) is 0 Å². The summed E-state index contributed by atoms with van der Waals surface area (Å²) in [5, 5.41) is 18.9. The average Bonchev–Trinajstić information content (AvgIpc) is 2.34. The maximum Gasteiger partial charge on any atom is 0.404 e. The van der Waals surface area contributed by atoms with Crippen molar-refractivity contribution in [3.05, 3.63) is 41.5 Å². The van der Waals surface area contributed by atoms with Crippen molar-refractivity contribution in [2.75, 3.05) is 0 Å². The monoisotopic (exact) mass is 236 g/mol. The molecule has 6 heteroatoms. The number of hydrogen-bond donors (Lipinski definition) is 4. The maximum atomic E-state index is 10.7. The number of benzene rings is 1. The highest BCUT2D eigenvalue weighted by molar-refractivity contribution is 5.90. The predicted octanol–water partition coefficient (Wildman–Crippen LogP) is 0.973. The summed E-state index contributed by atoms with van der Waals surface area (Å²) < 4.78 is 0. The topological polar surface area (TPSA) is 98.7 Å². The van der Waals surface area contributed by atoms with E-state index in [0.29, 0.717) is 0 Å². The molecule has 0 saturated carbocycles. The highest BCUT2D eigenvalue weighted by Gasteiger charge is 1.96. The van der Waals surface area contributed by atoms with Crippen LogP contribution in [0.25, 0.3) is 6.08 Å². The van der Waals surface area contributed by atoms with Gasteiger partial charge in [-0.05, 0) is 17.2 Å². The van der Waals surface area contributed by atoms with Crippen LogP contribution in [0.3, 0.4) is 0 Å². The van der Waals surface area contributed by atoms with Gasteiger partial charge >= 0.3 is 6.09 Å². The van der Waals surface area contributed by atoms with Gasteiger partial charge in [-0.25, -0.2) is 10.3 Å². The minimum absolute atomic E-state index is 0.233. The maximum absolute atomic E-state index is 10.7. The van der Waals surface area contributed by atoms with Gasteiger partial charge in [-0.2, -0.15) is 0 Å². The molecule has 1 aromatic rings. The van der Waals surface area contributed by atoms with Gasteiger partial charge in [0.2, 0.25) is 0 Å². The van der Waals surface area contributed by atoms with E-state index < -0.39 is 12.0 Å². The Hall–Kier alpha value is -2.34. The molecule has 0 fully saturated rings. The smallest absolute Gasteiger partial charge is 0.404 e. The first-order valence-electron chi connectivity index (χ1n) is 4.79. The molecule has 0 unspecified atom stereocenters. The highest BCUT2D eigenvalue weighted by Crippen LogP contribution is 2.06. The Morgan fingerprint density at radius 2 is 1.88 bits per heavy atom. The van der Waals surface area contributed by atoms with Gasteiger partial charge in [0.25, 0.3) is 5.91 Å². The number of amides is 2. The van der Waals surface area contributed by atoms with E-state index in [9.17, 15) is 9.59 Å². The molecule has 1 aromatic carbocycles. The number of hydroxylamine groups is 1. The number of hydrogen-bond acceptors (Lipinski definition) is 3. The van der Waals surface area contributed by atoms with Gasteiger partial charge in [-0.3, -0.25) is 10.0 Å². The fourth-order valence-corrected chi connectivity index (χ4v) is 1.13. The molecule has 0 spiro atoms. The Morgan fingerprint density at radius 1 is 1.24 bits per heavy atom. The van der Waals surface area contributed by atoms with E-state index in [-0.39, 0.29) is 6.54 Å². The molecule has 0 aliphatic rings. The summed E-state index contributed by atoms with van der Waals surface area (Å²) in [5.74, 6) is -0.610. The molecule has 17 heavy (non-hydrogen) atoms. The SMILES string of the molecule is O=C(O)NCc1ccc(C=CC(=O)NO)cc1. The summed E-state index contributed by atoms with van der Waals surface area (Å²) in [5.41, 5.74) is 3.07. The summed E-state index contributed by atoms with van der Waals surface area (Å²) in [6.07, 6.45) is 1.64. The van der Waals surface area contributed by atoms with Gasteiger partial charge in [0.05, 0.1) is 0 Å². The van der Waals surface area contributed by atoms with E-state index in [0.717, 1.165) is 11.1 Å². The quantitative estimate of drug-likeness (QED) is 0.355. The van der Waals surface area contributed by atoms with E-state index in [1.807, 2.05) is 0 Å². The van der Waals surface area contributed by atoms with Crippen molar-refractivity contribution in [3.63, 3.8) is 0 Å². The fraction of sp³-hybridized carbons (Fsp3) is 0.0909. The Morgan fingerprint density at radius 3 is 2.41 bits per heavy atom. The van der Waals surface area contributed by atoms with Crippen molar-refractivity contribution >= 4 is 18.1 Å². The fourth-order valence-electron chi connectivity index (χ4n) is 1.13. The molecule has 2 amide bonds. The molecule has 1 rings (SSSR count). The van der Waals surface area contributed by atoms with Crippen LogP contribution >= 0.6 is 0 Å². The Bertz CT molecular complexity index is 426. The van der Waals surface area contributed by atoms with Gasteiger partial charge in [0.15, 0.2) is 0 Å². The minimum atomic E-state index is -1.08. The van der Waals surface area contributed by atoms with Crippen LogP contribution in [0.4, 0.5) is 4.79 Å². The zero-order valence-corrected chi connectivity index (χ0v) is 8.88. The molecule has 0 aliphatic carbocycles. The standard InChI is InChI=1S/C11H12N2O4/c14-10(13-17)6-5-8-1-3-9(4-2-8)7-12-11(15)16/h1-6,12,17H,7H2,(H,13,14)(H,15,16). The van der Waals surface area contributed by atoms with Crippen LogP contribution in [0.1, 0.15) is 11.1 Å². The van der Waals surface area contributed by atoms with Gasteiger partial charge < -0.3 is 10.4 Å². The number of carbonyl (C=O) groups excluding carboxylic acids is 1. The van der Waals surface area contributed by atoms with E-state index in [1.54, 1.807) is 24.3 Å². The first kappa shape index (κ1) is 12.7. The molecule has 6 nitrogen and oxygen atoms in total. The molecule has 90 valence electrons. The highest BCUT2D eigenvalue weighted by atomic mass is 16.5. The first-order valence-corrected chi connectivity index (χ1v) is 4.79. The summed E-state index contributed by atoms with van der Waals surface area (Å²) in [4.78, 5) is 21.0. The minimum Gasteiger partial charge on any atom is -0.465 e. The van der Waals surface area contributed by atoms with Crippen LogP contribution in [-0.4, -0.2) is 22.3 Å². The van der Waals surface area contributed by atoms with Crippen molar-refractivity contribution in [2.45, 2.75) is 6.54 Å². The number of nitrogens with one attached hydrogen (secondary N) is 2. The van der Waals surface area contributed by atoms with Crippen molar-refractivity contribution in [1.29, 1.82) is 0 Å². The van der Waals surface area contributed by atoms with Gasteiger partial charge in [0.1, 0.15) is 0 Å². The molecule has 0 saturated heterocycles. The van der Waals surface area contributed by atoms with Crippen LogP contribution in [0.2, 0.25) is 0 Å². The second kappa shape index (κ2) is 6.29. The molecule has 0 radical (unpaired) electrons. The summed E-state index contributed by atoms with van der Waals surface area (Å²) in [7, 11) is 0. The third-order valence-electron chi connectivity index (χ3n) is 1.96. The lowest BCUT2D eigenvalue weighted by Crippen LogP contribution is -2.19. The number of rotatable bonds is 4. The van der Waals surface area contributed by atoms with Crippen molar-refractivity contribution in [2.24, 2.45) is 0 Å². The molecular formula is C11H12N2O4. The van der Waals surface area contributed by atoms with E-state index in [2.05, 4.69) is 5.32 Å². The van der Waals surface area contributed by atoms with Gasteiger partial charge in [-0.1, -0.05) is 24.3 Å². The molecule has 0 aliphatic heterocycles. The third-order valence-corrected chi connectivity index (χ3v) is 1.96. The summed E-state index contributed by atoms with van der Waals surface area (Å²) >= 11 is 0. The van der Waals surface area contributed by atoms with E-state index in [1.165, 1.54) is 17.6 Å². The molecule has 0 heterocycles. The predicted molar refractivity (Wildman–Crippen MR) is 60.3 cm³/mol. The van der Waals surface area contributed by atoms with Crippen LogP contribution in [0.15, 0.2) is 30.3 Å². The summed E-state index contributed by atoms with van der Waals surface area (Å²) in [6.45, 7) is 0.233. The lowest BCUT2D eigenvalue weighted by Gasteiger charge is -2.01. The lowest BCUT2D eigenvalue weighted by atomic mass is 10.1. The van der Waals surface area contributed by atoms with E-state index >= 15 is 0 Å². The second-order valence-electron chi connectivity index (χ2n) is 3.21. The normalized spacial score (nSPS) is 10.2. The average molecular weight is 236 g/mol. The van der Waals surface area contributed by atoms with Gasteiger partial charge in [0, 0.05) is 12.6 Å². The van der Waals surface area contributed by atoms with Crippen molar-refractivity contribution in [1.82, 2.24) is 10.8 Å². The summed E-state index contributed by atoms with van der Waals surface area (Å²) in [6, 6.07) is 6.96. The molecule has 0 bridgehead atoms. The van der Waals surface area contributed by atoms with Crippen LogP contribution in [0.5, 0.6) is 0 Å². The van der Waals surface area contributed by atoms with Crippen LogP contribution < -0.4 is 10.8 Å². The zero-order valence-electron chi connectivity index (χ0n) is 8.88. The molecule has 0 aromatic heterocycles. The lowest BCUT2D eigenvalue weighted by molar-refractivity contribution is -0.124. The Labute approximate surface area is 97.5 Å². The van der Waals surface area contributed by atoms with E-state index in [4.69, 9.17) is 10.3 Å². The second-order valence-corrected chi connectivity index (χ2v) is 3.21. The zero-order chi connectivity index (χ0) is 12.7. The van der Waals surface area contributed by atoms with Gasteiger partial charge in [-0.15, -0.1) is 0 Å². The van der Waals surface area contributed by atoms with Crippen molar-refractivity contribution < 1.29 is 19.9 Å². The third kappa shape index (κ3) is 4.80. The molecule has 4 N–H and O–H groups in total. The molecular weight excluding hydrogens is 224 g/mol. The largest absolute Gasteiger partial charge is 0.465 e. The first-order chi connectivity index (χ1) is 8.11. The number of carboxylic acid groups (broad SMARTS) is 1. The molecule has 0 atom stereocenters. The Kier molecular flexibility index (Phi) is 4.71. The Balaban J connectivity index is 2.58.